The van der Waals surface area contributed by atoms with Crippen LogP contribution >= 0.6 is 0 Å². The second-order valence-corrected chi connectivity index (χ2v) is 5.27. The van der Waals surface area contributed by atoms with Crippen LogP contribution < -0.4 is 5.32 Å². The van der Waals surface area contributed by atoms with E-state index in [1.54, 1.807) is 0 Å². The molecule has 0 radical (unpaired) electrons. The van der Waals surface area contributed by atoms with Crippen LogP contribution in [-0.4, -0.2) is 11.5 Å². The minimum atomic E-state index is 0.392. The molecule has 102 valence electrons. The molecule has 1 N–H and O–H groups in total. The maximum atomic E-state index is 4.42. The average molecular weight is 256 g/mol. The number of nitrogens with zero attached hydrogens (tertiary/aromatic N) is 1. The smallest absolute Gasteiger partial charge is 0.0367 e. The van der Waals surface area contributed by atoms with Crippen molar-refractivity contribution >= 4 is 10.8 Å². The Labute approximate surface area is 116 Å². The van der Waals surface area contributed by atoms with Crippen molar-refractivity contribution in [2.45, 2.75) is 39.7 Å². The van der Waals surface area contributed by atoms with Crippen LogP contribution in [0.4, 0.5) is 0 Å². The molecular weight excluding hydrogens is 232 g/mol. The number of aromatic nitrogens is 1. The molecule has 19 heavy (non-hydrogen) atoms. The summed E-state index contributed by atoms with van der Waals surface area (Å²) in [5.41, 5.74) is 1.33. The van der Waals surface area contributed by atoms with Gasteiger partial charge >= 0.3 is 0 Å². The molecule has 2 heteroatoms. The maximum absolute atomic E-state index is 4.42. The predicted molar refractivity (Wildman–Crippen MR) is 82.2 cm³/mol. The lowest BCUT2D eigenvalue weighted by Gasteiger charge is -2.25. The predicted octanol–water partition coefficient (Wildman–Crippen LogP) is 4.32. The first kappa shape index (κ1) is 14.0. The van der Waals surface area contributed by atoms with Gasteiger partial charge in [0.05, 0.1) is 0 Å². The van der Waals surface area contributed by atoms with Crippen LogP contribution in [-0.2, 0) is 0 Å². The molecule has 0 saturated carbocycles. The van der Waals surface area contributed by atoms with E-state index in [1.165, 1.54) is 22.8 Å². The zero-order valence-electron chi connectivity index (χ0n) is 12.2. The number of rotatable bonds is 6. The highest BCUT2D eigenvalue weighted by atomic mass is 14.9. The number of benzene rings is 1. The standard InChI is InChI=1S/C17H24N2/c1-4-10-19-17(13(3)5-2)16-12-18-11-14-8-6-7-9-15(14)16/h6-9,11-13,17,19H,4-5,10H2,1-3H3. The summed E-state index contributed by atoms with van der Waals surface area (Å²) in [6.07, 6.45) is 6.31. The largest absolute Gasteiger partial charge is 0.310 e. The Kier molecular flexibility index (Phi) is 4.92. The Balaban J connectivity index is 2.43. The molecule has 1 aromatic carbocycles. The first-order valence-corrected chi connectivity index (χ1v) is 7.34. The third-order valence-corrected chi connectivity index (χ3v) is 3.86. The highest BCUT2D eigenvalue weighted by Crippen LogP contribution is 2.29. The van der Waals surface area contributed by atoms with Crippen molar-refractivity contribution in [3.05, 3.63) is 42.2 Å². The van der Waals surface area contributed by atoms with Gasteiger partial charge in [-0.05, 0) is 29.8 Å². The number of hydrogen-bond acceptors (Lipinski definition) is 2. The lowest BCUT2D eigenvalue weighted by molar-refractivity contribution is 0.378. The van der Waals surface area contributed by atoms with Gasteiger partial charge in [0, 0.05) is 23.8 Å². The molecule has 2 atom stereocenters. The van der Waals surface area contributed by atoms with E-state index in [0.717, 1.165) is 13.0 Å². The quantitative estimate of drug-likeness (QED) is 0.832. The fraction of sp³-hybridized carbons (Fsp3) is 0.471. The summed E-state index contributed by atoms with van der Waals surface area (Å²) >= 11 is 0. The summed E-state index contributed by atoms with van der Waals surface area (Å²) in [5, 5.41) is 6.24. The second kappa shape index (κ2) is 6.67. The Hall–Kier alpha value is -1.41. The number of nitrogens with one attached hydrogen (secondary N) is 1. The van der Waals surface area contributed by atoms with Crippen molar-refractivity contribution in [1.29, 1.82) is 0 Å². The molecule has 0 aliphatic rings. The summed E-state index contributed by atoms with van der Waals surface area (Å²) < 4.78 is 0. The Bertz CT molecular complexity index is 516. The summed E-state index contributed by atoms with van der Waals surface area (Å²) in [5.74, 6) is 0.610. The Morgan fingerprint density at radius 2 is 1.95 bits per heavy atom. The summed E-state index contributed by atoms with van der Waals surface area (Å²) in [6.45, 7) is 7.83. The molecule has 1 aromatic heterocycles. The van der Waals surface area contributed by atoms with Crippen LogP contribution in [0.3, 0.4) is 0 Å². The van der Waals surface area contributed by atoms with E-state index in [0.29, 0.717) is 12.0 Å². The lowest BCUT2D eigenvalue weighted by atomic mass is 9.90. The third kappa shape index (κ3) is 3.13. The minimum absolute atomic E-state index is 0.392. The fourth-order valence-corrected chi connectivity index (χ4v) is 2.54. The van der Waals surface area contributed by atoms with Crippen molar-refractivity contribution in [2.24, 2.45) is 5.92 Å². The molecule has 0 aliphatic carbocycles. The monoisotopic (exact) mass is 256 g/mol. The average Bonchev–Trinajstić information content (AvgIpc) is 2.47. The first-order valence-electron chi connectivity index (χ1n) is 7.34. The van der Waals surface area contributed by atoms with E-state index in [1.807, 2.05) is 12.4 Å². The Morgan fingerprint density at radius 3 is 2.68 bits per heavy atom. The molecule has 0 aliphatic heterocycles. The topological polar surface area (TPSA) is 24.9 Å². The van der Waals surface area contributed by atoms with Crippen LogP contribution in [0.15, 0.2) is 36.7 Å². The van der Waals surface area contributed by atoms with Gasteiger partial charge in [-0.3, -0.25) is 4.98 Å². The Morgan fingerprint density at radius 1 is 1.16 bits per heavy atom. The van der Waals surface area contributed by atoms with E-state index in [4.69, 9.17) is 0 Å². The van der Waals surface area contributed by atoms with E-state index >= 15 is 0 Å². The summed E-state index contributed by atoms with van der Waals surface area (Å²) in [6, 6.07) is 8.92. The van der Waals surface area contributed by atoms with Crippen LogP contribution in [0, 0.1) is 5.92 Å². The van der Waals surface area contributed by atoms with Crippen molar-refractivity contribution in [3.8, 4) is 0 Å². The van der Waals surface area contributed by atoms with E-state index in [2.05, 4.69) is 55.3 Å². The summed E-state index contributed by atoms with van der Waals surface area (Å²) in [7, 11) is 0. The maximum Gasteiger partial charge on any atom is 0.0367 e. The minimum Gasteiger partial charge on any atom is -0.310 e. The van der Waals surface area contributed by atoms with E-state index in [9.17, 15) is 0 Å². The molecule has 0 fully saturated rings. The molecule has 2 aromatic rings. The van der Waals surface area contributed by atoms with Crippen LogP contribution in [0.25, 0.3) is 10.8 Å². The first-order chi connectivity index (χ1) is 9.27. The SMILES string of the molecule is CCCNC(c1cncc2ccccc12)C(C)CC. The van der Waals surface area contributed by atoms with Gasteiger partial charge in [0.1, 0.15) is 0 Å². The van der Waals surface area contributed by atoms with E-state index < -0.39 is 0 Å². The molecule has 0 bridgehead atoms. The molecule has 2 rings (SSSR count). The van der Waals surface area contributed by atoms with Gasteiger partial charge < -0.3 is 5.32 Å². The van der Waals surface area contributed by atoms with Gasteiger partial charge in [-0.15, -0.1) is 0 Å². The fourth-order valence-electron chi connectivity index (χ4n) is 2.54. The molecular formula is C17H24N2. The van der Waals surface area contributed by atoms with Gasteiger partial charge in [0.25, 0.3) is 0 Å². The van der Waals surface area contributed by atoms with E-state index in [-0.39, 0.29) is 0 Å². The van der Waals surface area contributed by atoms with Crippen molar-refractivity contribution in [1.82, 2.24) is 10.3 Å². The molecule has 0 spiro atoms. The highest BCUT2D eigenvalue weighted by Gasteiger charge is 2.19. The van der Waals surface area contributed by atoms with Gasteiger partial charge in [0.15, 0.2) is 0 Å². The molecule has 0 saturated heterocycles. The van der Waals surface area contributed by atoms with Gasteiger partial charge in [0.2, 0.25) is 0 Å². The van der Waals surface area contributed by atoms with Gasteiger partial charge in [-0.2, -0.15) is 0 Å². The number of fused-ring (bicyclic) bond motifs is 1. The third-order valence-electron chi connectivity index (χ3n) is 3.86. The lowest BCUT2D eigenvalue weighted by Crippen LogP contribution is -2.27. The van der Waals surface area contributed by atoms with Crippen molar-refractivity contribution < 1.29 is 0 Å². The zero-order valence-corrected chi connectivity index (χ0v) is 12.2. The molecule has 2 nitrogen and oxygen atoms in total. The van der Waals surface area contributed by atoms with Crippen molar-refractivity contribution in [2.75, 3.05) is 6.54 Å². The number of pyridine rings is 1. The highest BCUT2D eigenvalue weighted by molar-refractivity contribution is 5.85. The normalized spacial score (nSPS) is 14.5. The molecule has 2 unspecified atom stereocenters. The van der Waals surface area contributed by atoms with Crippen LogP contribution in [0.1, 0.15) is 45.2 Å². The zero-order chi connectivity index (χ0) is 13.7. The number of hydrogen-bond donors (Lipinski definition) is 1. The molecule has 0 amide bonds. The van der Waals surface area contributed by atoms with Crippen LogP contribution in [0.2, 0.25) is 0 Å². The molecule has 1 heterocycles. The summed E-state index contributed by atoms with van der Waals surface area (Å²) in [4.78, 5) is 4.42. The van der Waals surface area contributed by atoms with Crippen molar-refractivity contribution in [3.63, 3.8) is 0 Å². The second-order valence-electron chi connectivity index (χ2n) is 5.27. The van der Waals surface area contributed by atoms with Gasteiger partial charge in [-0.25, -0.2) is 0 Å². The van der Waals surface area contributed by atoms with Crippen LogP contribution in [0.5, 0.6) is 0 Å². The van der Waals surface area contributed by atoms with Gasteiger partial charge in [-0.1, -0.05) is 51.5 Å².